The summed E-state index contributed by atoms with van der Waals surface area (Å²) in [6.07, 6.45) is 3.24. The number of amides is 1. The highest BCUT2D eigenvalue weighted by atomic mass is 16.1. The van der Waals surface area contributed by atoms with Crippen LogP contribution in [0.15, 0.2) is 42.7 Å². The second-order valence-electron chi connectivity index (χ2n) is 4.49. The van der Waals surface area contributed by atoms with Gasteiger partial charge >= 0.3 is 0 Å². The SMILES string of the molecule is CCNc1cc(C(=O)Nc2ncc[nH]2)c2ccccc2n1. The van der Waals surface area contributed by atoms with Gasteiger partial charge in [0.15, 0.2) is 0 Å². The van der Waals surface area contributed by atoms with Gasteiger partial charge in [-0.1, -0.05) is 18.2 Å². The minimum Gasteiger partial charge on any atom is -0.370 e. The number of rotatable bonds is 4. The Morgan fingerprint density at radius 2 is 2.19 bits per heavy atom. The standard InChI is InChI=1S/C15H15N5O/c1-2-16-13-9-11(10-5-3-4-6-12(10)19-13)14(21)20-15-17-7-8-18-15/h3-9H,2H2,1H3,(H,16,19)(H2,17,18,20,21). The van der Waals surface area contributed by atoms with Crippen molar-refractivity contribution in [3.8, 4) is 0 Å². The van der Waals surface area contributed by atoms with E-state index in [2.05, 4.69) is 25.6 Å². The number of nitrogens with one attached hydrogen (secondary N) is 3. The maximum absolute atomic E-state index is 12.5. The molecule has 1 amide bonds. The van der Waals surface area contributed by atoms with Gasteiger partial charge in [0.25, 0.3) is 5.91 Å². The summed E-state index contributed by atoms with van der Waals surface area (Å²) in [7, 11) is 0. The number of hydrogen-bond donors (Lipinski definition) is 3. The van der Waals surface area contributed by atoms with Crippen LogP contribution in [0.2, 0.25) is 0 Å². The molecular formula is C15H15N5O. The number of nitrogens with zero attached hydrogens (tertiary/aromatic N) is 2. The molecule has 0 atom stereocenters. The Kier molecular flexibility index (Phi) is 3.51. The van der Waals surface area contributed by atoms with E-state index >= 15 is 0 Å². The van der Waals surface area contributed by atoms with Crippen molar-refractivity contribution in [3.05, 3.63) is 48.3 Å². The molecule has 1 aromatic carbocycles. The molecule has 0 aliphatic heterocycles. The van der Waals surface area contributed by atoms with Crippen LogP contribution < -0.4 is 10.6 Å². The van der Waals surface area contributed by atoms with Gasteiger partial charge in [0, 0.05) is 24.3 Å². The van der Waals surface area contributed by atoms with E-state index in [0.29, 0.717) is 17.3 Å². The Bertz CT molecular complexity index is 767. The molecule has 0 bridgehead atoms. The number of benzene rings is 1. The Balaban J connectivity index is 2.04. The molecule has 0 aliphatic rings. The quantitative estimate of drug-likeness (QED) is 0.686. The molecule has 6 heteroatoms. The van der Waals surface area contributed by atoms with Gasteiger partial charge < -0.3 is 10.3 Å². The van der Waals surface area contributed by atoms with Gasteiger partial charge in [0.1, 0.15) is 5.82 Å². The predicted octanol–water partition coefficient (Wildman–Crippen LogP) is 2.64. The summed E-state index contributed by atoms with van der Waals surface area (Å²) in [6, 6.07) is 9.32. The first-order valence-electron chi connectivity index (χ1n) is 6.72. The lowest BCUT2D eigenvalue weighted by molar-refractivity contribution is 0.102. The first-order valence-corrected chi connectivity index (χ1v) is 6.72. The third kappa shape index (κ3) is 2.69. The van der Waals surface area contributed by atoms with Gasteiger partial charge in [-0.2, -0.15) is 0 Å². The van der Waals surface area contributed by atoms with Crippen LogP contribution >= 0.6 is 0 Å². The van der Waals surface area contributed by atoms with Crippen molar-refractivity contribution in [1.29, 1.82) is 0 Å². The van der Waals surface area contributed by atoms with E-state index in [-0.39, 0.29) is 5.91 Å². The van der Waals surface area contributed by atoms with E-state index in [1.165, 1.54) is 0 Å². The van der Waals surface area contributed by atoms with E-state index in [1.807, 2.05) is 31.2 Å². The fourth-order valence-corrected chi connectivity index (χ4v) is 2.14. The molecule has 0 saturated heterocycles. The van der Waals surface area contributed by atoms with Gasteiger partial charge in [-0.25, -0.2) is 9.97 Å². The molecule has 2 aromatic heterocycles. The Morgan fingerprint density at radius 1 is 1.33 bits per heavy atom. The average Bonchev–Trinajstić information content (AvgIpc) is 2.99. The highest BCUT2D eigenvalue weighted by Crippen LogP contribution is 2.21. The fraction of sp³-hybridized carbons (Fsp3) is 0.133. The predicted molar refractivity (Wildman–Crippen MR) is 82.4 cm³/mol. The summed E-state index contributed by atoms with van der Waals surface area (Å²) < 4.78 is 0. The zero-order valence-electron chi connectivity index (χ0n) is 11.6. The largest absolute Gasteiger partial charge is 0.370 e. The van der Waals surface area contributed by atoms with Crippen molar-refractivity contribution in [2.24, 2.45) is 0 Å². The number of hydrogen-bond acceptors (Lipinski definition) is 4. The minimum atomic E-state index is -0.220. The van der Waals surface area contributed by atoms with Gasteiger partial charge in [-0.05, 0) is 19.1 Å². The lowest BCUT2D eigenvalue weighted by Crippen LogP contribution is -2.14. The van der Waals surface area contributed by atoms with Crippen LogP contribution in [0.25, 0.3) is 10.9 Å². The maximum atomic E-state index is 12.5. The van der Waals surface area contributed by atoms with Crippen LogP contribution in [0.5, 0.6) is 0 Å². The summed E-state index contributed by atoms with van der Waals surface area (Å²) in [4.78, 5) is 23.8. The topological polar surface area (TPSA) is 82.7 Å². The molecule has 0 fully saturated rings. The summed E-state index contributed by atoms with van der Waals surface area (Å²) in [5.41, 5.74) is 1.34. The van der Waals surface area contributed by atoms with Gasteiger partial charge in [0.2, 0.25) is 5.95 Å². The molecule has 0 unspecified atom stereocenters. The normalized spacial score (nSPS) is 10.5. The lowest BCUT2D eigenvalue weighted by atomic mass is 10.1. The third-order valence-electron chi connectivity index (χ3n) is 3.05. The first-order chi connectivity index (χ1) is 10.3. The van der Waals surface area contributed by atoms with Gasteiger partial charge in [-0.15, -0.1) is 0 Å². The summed E-state index contributed by atoms with van der Waals surface area (Å²) >= 11 is 0. The van der Waals surface area contributed by atoms with E-state index in [9.17, 15) is 4.79 Å². The van der Waals surface area contributed by atoms with Crippen molar-refractivity contribution in [1.82, 2.24) is 15.0 Å². The number of fused-ring (bicyclic) bond motifs is 1. The van der Waals surface area contributed by atoms with Crippen LogP contribution in [0.1, 0.15) is 17.3 Å². The number of carbonyl (C=O) groups is 1. The Hall–Kier alpha value is -2.89. The van der Waals surface area contributed by atoms with E-state index in [0.717, 1.165) is 17.4 Å². The van der Waals surface area contributed by atoms with E-state index < -0.39 is 0 Å². The van der Waals surface area contributed by atoms with Crippen LogP contribution in [0, 0.1) is 0 Å². The average molecular weight is 281 g/mol. The number of pyridine rings is 1. The van der Waals surface area contributed by atoms with Gasteiger partial charge in [-0.3, -0.25) is 10.1 Å². The maximum Gasteiger partial charge on any atom is 0.258 e. The van der Waals surface area contributed by atoms with Crippen LogP contribution in [0.3, 0.4) is 0 Å². The second kappa shape index (κ2) is 5.62. The third-order valence-corrected chi connectivity index (χ3v) is 3.05. The van der Waals surface area contributed by atoms with Crippen LogP contribution in [-0.4, -0.2) is 27.4 Å². The molecule has 106 valence electrons. The number of aromatic nitrogens is 3. The molecule has 0 radical (unpaired) electrons. The number of para-hydroxylation sites is 1. The van der Waals surface area contributed by atoms with Crippen molar-refractivity contribution in [2.45, 2.75) is 6.92 Å². The number of aromatic amines is 1. The number of imidazole rings is 1. The minimum absolute atomic E-state index is 0.220. The first kappa shape index (κ1) is 13.1. The van der Waals surface area contributed by atoms with Gasteiger partial charge in [0.05, 0.1) is 11.1 Å². The zero-order chi connectivity index (χ0) is 14.7. The summed E-state index contributed by atoms with van der Waals surface area (Å²) in [5.74, 6) is 0.884. The number of anilines is 2. The molecule has 6 nitrogen and oxygen atoms in total. The fourth-order valence-electron chi connectivity index (χ4n) is 2.14. The highest BCUT2D eigenvalue weighted by molar-refractivity contribution is 6.12. The zero-order valence-corrected chi connectivity index (χ0v) is 11.6. The van der Waals surface area contributed by atoms with E-state index in [4.69, 9.17) is 0 Å². The molecule has 3 rings (SSSR count). The molecule has 2 heterocycles. The molecule has 3 N–H and O–H groups in total. The second-order valence-corrected chi connectivity index (χ2v) is 4.49. The smallest absolute Gasteiger partial charge is 0.258 e. The molecule has 0 saturated carbocycles. The van der Waals surface area contributed by atoms with Crippen molar-refractivity contribution < 1.29 is 4.79 Å². The number of H-pyrrole nitrogens is 1. The van der Waals surface area contributed by atoms with Crippen molar-refractivity contribution in [3.63, 3.8) is 0 Å². The Labute approximate surface area is 121 Å². The monoisotopic (exact) mass is 281 g/mol. The molecular weight excluding hydrogens is 266 g/mol. The molecule has 21 heavy (non-hydrogen) atoms. The molecule has 0 aliphatic carbocycles. The molecule has 0 spiro atoms. The lowest BCUT2D eigenvalue weighted by Gasteiger charge is -2.09. The van der Waals surface area contributed by atoms with Crippen LogP contribution in [-0.2, 0) is 0 Å². The number of carbonyl (C=O) groups excluding carboxylic acids is 1. The van der Waals surface area contributed by atoms with Crippen molar-refractivity contribution in [2.75, 3.05) is 17.2 Å². The Morgan fingerprint density at radius 3 is 2.95 bits per heavy atom. The summed E-state index contributed by atoms with van der Waals surface area (Å²) in [5, 5.41) is 6.69. The highest BCUT2D eigenvalue weighted by Gasteiger charge is 2.13. The van der Waals surface area contributed by atoms with Crippen molar-refractivity contribution >= 4 is 28.6 Å². The van der Waals surface area contributed by atoms with Crippen LogP contribution in [0.4, 0.5) is 11.8 Å². The van der Waals surface area contributed by atoms with E-state index in [1.54, 1.807) is 18.5 Å². The summed E-state index contributed by atoms with van der Waals surface area (Å²) in [6.45, 7) is 2.73. The molecule has 3 aromatic rings.